The van der Waals surface area contributed by atoms with Crippen LogP contribution in [0.1, 0.15) is 37.3 Å². The van der Waals surface area contributed by atoms with E-state index in [4.69, 9.17) is 15.2 Å². The third-order valence-electron chi connectivity index (χ3n) is 3.94. The van der Waals surface area contributed by atoms with E-state index in [2.05, 4.69) is 36.4 Å². The van der Waals surface area contributed by atoms with Crippen LogP contribution in [-0.2, 0) is 16.0 Å². The Morgan fingerprint density at radius 2 is 1.68 bits per heavy atom. The highest BCUT2D eigenvalue weighted by molar-refractivity contribution is 5.75. The lowest BCUT2D eigenvalue weighted by Gasteiger charge is -2.11. The SMILES string of the molecule is CCOC(=O)C(N)CCCCOc1ccc(Cc2ccccc2)cc1. The zero-order valence-corrected chi connectivity index (χ0v) is 14.8. The van der Waals surface area contributed by atoms with Gasteiger partial charge in [0.1, 0.15) is 11.8 Å². The molecule has 2 aromatic rings. The number of hydrogen-bond donors (Lipinski definition) is 1. The van der Waals surface area contributed by atoms with E-state index in [1.165, 1.54) is 11.1 Å². The first-order valence-electron chi connectivity index (χ1n) is 8.87. The number of ether oxygens (including phenoxy) is 2. The van der Waals surface area contributed by atoms with Gasteiger partial charge < -0.3 is 15.2 Å². The van der Waals surface area contributed by atoms with Crippen molar-refractivity contribution in [1.29, 1.82) is 0 Å². The number of carbonyl (C=O) groups excluding carboxylic acids is 1. The minimum Gasteiger partial charge on any atom is -0.494 e. The van der Waals surface area contributed by atoms with Crippen molar-refractivity contribution in [3.8, 4) is 5.75 Å². The first kappa shape index (κ1) is 19.0. The molecule has 0 aliphatic rings. The highest BCUT2D eigenvalue weighted by atomic mass is 16.5. The summed E-state index contributed by atoms with van der Waals surface area (Å²) in [6.07, 6.45) is 3.25. The molecular formula is C21H27NO3. The Balaban J connectivity index is 1.65. The second-order valence-corrected chi connectivity index (χ2v) is 6.01. The predicted molar refractivity (Wildman–Crippen MR) is 99.6 cm³/mol. The fraction of sp³-hybridized carbons (Fsp3) is 0.381. The summed E-state index contributed by atoms with van der Waals surface area (Å²) in [5, 5.41) is 0. The Labute approximate surface area is 150 Å². The average molecular weight is 341 g/mol. The van der Waals surface area contributed by atoms with Crippen LogP contribution in [0.15, 0.2) is 54.6 Å². The molecule has 0 spiro atoms. The third-order valence-corrected chi connectivity index (χ3v) is 3.94. The van der Waals surface area contributed by atoms with E-state index >= 15 is 0 Å². The summed E-state index contributed by atoms with van der Waals surface area (Å²) in [4.78, 5) is 11.4. The van der Waals surface area contributed by atoms with Crippen molar-refractivity contribution in [2.45, 2.75) is 38.6 Å². The molecule has 4 heteroatoms. The summed E-state index contributed by atoms with van der Waals surface area (Å²) < 4.78 is 10.6. The molecule has 0 radical (unpaired) electrons. The summed E-state index contributed by atoms with van der Waals surface area (Å²) in [5.74, 6) is 0.545. The van der Waals surface area contributed by atoms with Crippen molar-refractivity contribution in [3.05, 3.63) is 65.7 Å². The molecule has 0 heterocycles. The predicted octanol–water partition coefficient (Wildman–Crippen LogP) is 3.72. The van der Waals surface area contributed by atoms with Crippen LogP contribution < -0.4 is 10.5 Å². The second-order valence-electron chi connectivity index (χ2n) is 6.01. The molecule has 2 rings (SSSR count). The van der Waals surface area contributed by atoms with Crippen LogP contribution in [0.2, 0.25) is 0 Å². The van der Waals surface area contributed by atoms with Gasteiger partial charge in [-0.15, -0.1) is 0 Å². The molecule has 4 nitrogen and oxygen atoms in total. The first-order chi connectivity index (χ1) is 12.2. The summed E-state index contributed by atoms with van der Waals surface area (Å²) in [7, 11) is 0. The number of carbonyl (C=O) groups is 1. The molecule has 2 N–H and O–H groups in total. The van der Waals surface area contributed by atoms with E-state index in [0.717, 1.165) is 25.0 Å². The topological polar surface area (TPSA) is 61.5 Å². The maximum absolute atomic E-state index is 11.4. The van der Waals surface area contributed by atoms with Gasteiger partial charge in [-0.2, -0.15) is 0 Å². The molecule has 1 atom stereocenters. The van der Waals surface area contributed by atoms with Crippen LogP contribution in [0.25, 0.3) is 0 Å². The van der Waals surface area contributed by atoms with Gasteiger partial charge in [0, 0.05) is 0 Å². The lowest BCUT2D eigenvalue weighted by molar-refractivity contribution is -0.144. The molecule has 1 unspecified atom stereocenters. The van der Waals surface area contributed by atoms with Crippen molar-refractivity contribution in [2.75, 3.05) is 13.2 Å². The van der Waals surface area contributed by atoms with Crippen LogP contribution in [0.4, 0.5) is 0 Å². The Morgan fingerprint density at radius 3 is 2.36 bits per heavy atom. The van der Waals surface area contributed by atoms with Crippen LogP contribution in [0, 0.1) is 0 Å². The molecule has 0 saturated heterocycles. The van der Waals surface area contributed by atoms with Crippen molar-refractivity contribution in [3.63, 3.8) is 0 Å². The fourth-order valence-corrected chi connectivity index (χ4v) is 2.56. The fourth-order valence-electron chi connectivity index (χ4n) is 2.56. The van der Waals surface area contributed by atoms with Gasteiger partial charge in [0.05, 0.1) is 13.2 Å². The molecule has 2 aromatic carbocycles. The molecule has 0 amide bonds. The highest BCUT2D eigenvalue weighted by Crippen LogP contribution is 2.16. The number of hydrogen-bond acceptors (Lipinski definition) is 4. The summed E-state index contributed by atoms with van der Waals surface area (Å²) >= 11 is 0. The molecule has 0 aliphatic heterocycles. The van der Waals surface area contributed by atoms with E-state index < -0.39 is 6.04 Å². The first-order valence-corrected chi connectivity index (χ1v) is 8.87. The number of nitrogens with two attached hydrogens (primary N) is 1. The molecule has 0 aliphatic carbocycles. The minimum absolute atomic E-state index is 0.322. The average Bonchev–Trinajstić information content (AvgIpc) is 2.63. The third kappa shape index (κ3) is 6.98. The van der Waals surface area contributed by atoms with E-state index in [1.807, 2.05) is 18.2 Å². The van der Waals surface area contributed by atoms with E-state index in [-0.39, 0.29) is 5.97 Å². The highest BCUT2D eigenvalue weighted by Gasteiger charge is 2.13. The zero-order valence-electron chi connectivity index (χ0n) is 14.8. The summed E-state index contributed by atoms with van der Waals surface area (Å²) in [6.45, 7) is 2.77. The Kier molecular flexibility index (Phi) is 7.99. The quantitative estimate of drug-likeness (QED) is 0.528. The number of rotatable bonds is 10. The van der Waals surface area contributed by atoms with Gasteiger partial charge in [-0.1, -0.05) is 42.5 Å². The van der Waals surface area contributed by atoms with Crippen molar-refractivity contribution in [1.82, 2.24) is 0 Å². The lowest BCUT2D eigenvalue weighted by atomic mass is 10.1. The molecule has 0 aromatic heterocycles. The Morgan fingerprint density at radius 1 is 1.00 bits per heavy atom. The van der Waals surface area contributed by atoms with Crippen molar-refractivity contribution in [2.24, 2.45) is 5.73 Å². The Hall–Kier alpha value is -2.33. The van der Waals surface area contributed by atoms with E-state index in [1.54, 1.807) is 6.92 Å². The van der Waals surface area contributed by atoms with Crippen molar-refractivity contribution >= 4 is 5.97 Å². The summed E-state index contributed by atoms with van der Waals surface area (Å²) in [6, 6.07) is 18.1. The Bertz CT molecular complexity index is 625. The smallest absolute Gasteiger partial charge is 0.322 e. The number of esters is 1. The van der Waals surface area contributed by atoms with Gasteiger partial charge in [0.25, 0.3) is 0 Å². The largest absolute Gasteiger partial charge is 0.494 e. The van der Waals surface area contributed by atoms with Gasteiger partial charge in [0.15, 0.2) is 0 Å². The second kappa shape index (κ2) is 10.5. The molecule has 0 bridgehead atoms. The van der Waals surface area contributed by atoms with E-state index in [9.17, 15) is 4.79 Å². The molecular weight excluding hydrogens is 314 g/mol. The number of unbranched alkanes of at least 4 members (excludes halogenated alkanes) is 1. The maximum atomic E-state index is 11.4. The molecule has 0 saturated carbocycles. The van der Waals surface area contributed by atoms with E-state index in [0.29, 0.717) is 19.6 Å². The number of benzene rings is 2. The van der Waals surface area contributed by atoms with Gasteiger partial charge in [-0.25, -0.2) is 0 Å². The van der Waals surface area contributed by atoms with Gasteiger partial charge in [-0.05, 0) is 55.9 Å². The molecule has 25 heavy (non-hydrogen) atoms. The van der Waals surface area contributed by atoms with Gasteiger partial charge in [-0.3, -0.25) is 4.79 Å². The zero-order chi connectivity index (χ0) is 17.9. The standard InChI is InChI=1S/C21H27NO3/c1-2-24-21(23)20(22)10-6-7-15-25-19-13-11-18(12-14-19)16-17-8-4-3-5-9-17/h3-5,8-9,11-14,20H,2,6-7,10,15-16,22H2,1H3. The van der Waals surface area contributed by atoms with Crippen LogP contribution in [-0.4, -0.2) is 25.2 Å². The molecule has 0 fully saturated rings. The monoisotopic (exact) mass is 341 g/mol. The van der Waals surface area contributed by atoms with Crippen molar-refractivity contribution < 1.29 is 14.3 Å². The van der Waals surface area contributed by atoms with Gasteiger partial charge >= 0.3 is 5.97 Å². The minimum atomic E-state index is -0.530. The molecule has 134 valence electrons. The normalized spacial score (nSPS) is 11.8. The van der Waals surface area contributed by atoms with Crippen LogP contribution in [0.5, 0.6) is 5.75 Å². The summed E-state index contributed by atoms with van der Waals surface area (Å²) in [5.41, 5.74) is 8.32. The maximum Gasteiger partial charge on any atom is 0.322 e. The van der Waals surface area contributed by atoms with Gasteiger partial charge in [0.2, 0.25) is 0 Å². The van der Waals surface area contributed by atoms with Crippen LogP contribution >= 0.6 is 0 Å². The van der Waals surface area contributed by atoms with Crippen LogP contribution in [0.3, 0.4) is 0 Å². The lowest BCUT2D eigenvalue weighted by Crippen LogP contribution is -2.32.